The number of amides is 1. The largest absolute Gasteiger partial charge is 0.493 e. The Bertz CT molecular complexity index is 1220. The molecular formula is C19H25N5O4. The predicted octanol–water partition coefficient (Wildman–Crippen LogP) is 1.06. The summed E-state index contributed by atoms with van der Waals surface area (Å²) in [7, 11) is 2.69. The fraction of sp³-hybridized carbons (Fsp3) is 0.526. The van der Waals surface area contributed by atoms with Crippen molar-refractivity contribution in [1.82, 2.24) is 14.9 Å². The number of aromatic nitrogens is 2. The van der Waals surface area contributed by atoms with Crippen molar-refractivity contribution in [3.05, 3.63) is 12.1 Å². The van der Waals surface area contributed by atoms with Crippen LogP contribution >= 0.6 is 0 Å². The average Bonchev–Trinajstić information content (AvgIpc) is 2.95. The van der Waals surface area contributed by atoms with Gasteiger partial charge in [-0.15, -0.1) is 0 Å². The van der Waals surface area contributed by atoms with Crippen LogP contribution in [0.15, 0.2) is 12.1 Å². The maximum atomic E-state index is 13.0. The van der Waals surface area contributed by atoms with Gasteiger partial charge in [0.25, 0.3) is 5.91 Å². The zero-order valence-corrected chi connectivity index (χ0v) is 15.4. The first-order valence-corrected chi connectivity index (χ1v) is 8.59. The van der Waals surface area contributed by atoms with Gasteiger partial charge >= 0.3 is 0 Å². The van der Waals surface area contributed by atoms with Gasteiger partial charge in [0, 0.05) is 49.6 Å². The number of nitrogen functional groups attached to an aromatic ring is 1. The predicted molar refractivity (Wildman–Crippen MR) is 105 cm³/mol. The number of methoxy groups -OCH3 is 2. The van der Waals surface area contributed by atoms with Gasteiger partial charge in [0.1, 0.15) is 11.9 Å². The van der Waals surface area contributed by atoms with E-state index in [-0.39, 0.29) is 72.4 Å². The Morgan fingerprint density at radius 3 is 2.61 bits per heavy atom. The Balaban J connectivity index is 1.57. The number of fused-ring (bicyclic) bond motifs is 1. The van der Waals surface area contributed by atoms with E-state index in [1.54, 1.807) is 4.90 Å². The van der Waals surface area contributed by atoms with Crippen LogP contribution in [0.5, 0.6) is 11.5 Å². The fourth-order valence-electron chi connectivity index (χ4n) is 3.06. The monoisotopic (exact) mass is 395 g/mol. The molecule has 9 heteroatoms. The SMILES string of the molecule is [2H]c1c(OC)c(OC)c([2H])c2c(N)nc(N3CCN(C(=O)C4OC([2H])([2H])C([2H])([2H])C4([2H])[2H])CC3)nc12. The molecule has 1 aromatic heterocycles. The van der Waals surface area contributed by atoms with E-state index in [2.05, 4.69) is 9.97 Å². The number of carbonyl (C=O) groups is 1. The Kier molecular flexibility index (Phi) is 3.08. The molecule has 3 heterocycles. The van der Waals surface area contributed by atoms with Crippen LogP contribution in [0, 0.1) is 0 Å². The van der Waals surface area contributed by atoms with Crippen molar-refractivity contribution in [1.29, 1.82) is 0 Å². The van der Waals surface area contributed by atoms with E-state index in [0.717, 1.165) is 0 Å². The van der Waals surface area contributed by atoms with Gasteiger partial charge in [-0.1, -0.05) is 0 Å². The number of rotatable bonds is 4. The molecular weight excluding hydrogens is 362 g/mol. The second kappa shape index (κ2) is 7.67. The Hall–Kier alpha value is -2.81. The lowest BCUT2D eigenvalue weighted by Gasteiger charge is -2.35. The van der Waals surface area contributed by atoms with Gasteiger partial charge in [-0.2, -0.15) is 4.98 Å². The van der Waals surface area contributed by atoms with E-state index in [0.29, 0.717) is 0 Å². The first-order chi connectivity index (χ1) is 16.7. The summed E-state index contributed by atoms with van der Waals surface area (Å²) in [5, 5.41) is 0.138. The van der Waals surface area contributed by atoms with Crippen LogP contribution in [0.3, 0.4) is 0 Å². The summed E-state index contributed by atoms with van der Waals surface area (Å²) in [4.78, 5) is 24.6. The molecule has 2 aliphatic rings. The highest BCUT2D eigenvalue weighted by atomic mass is 16.5. The number of nitrogens with two attached hydrogens (primary N) is 1. The number of benzene rings is 1. The number of piperazine rings is 1. The molecule has 150 valence electrons. The zero-order valence-electron chi connectivity index (χ0n) is 23.4. The van der Waals surface area contributed by atoms with Gasteiger partial charge < -0.3 is 29.7 Å². The lowest BCUT2D eigenvalue weighted by Crippen LogP contribution is -2.51. The van der Waals surface area contributed by atoms with E-state index in [1.165, 1.54) is 19.1 Å². The van der Waals surface area contributed by atoms with E-state index in [1.807, 2.05) is 0 Å². The van der Waals surface area contributed by atoms with Crippen LogP contribution in [-0.2, 0) is 9.53 Å². The molecule has 0 radical (unpaired) electrons. The van der Waals surface area contributed by atoms with E-state index >= 15 is 0 Å². The smallest absolute Gasteiger partial charge is 0.251 e. The van der Waals surface area contributed by atoms with Crippen LogP contribution in [-0.4, -0.2) is 73.8 Å². The third kappa shape index (κ3) is 3.37. The van der Waals surface area contributed by atoms with Crippen LogP contribution in [0.1, 0.15) is 23.7 Å². The molecule has 0 saturated carbocycles. The lowest BCUT2D eigenvalue weighted by atomic mass is 10.2. The summed E-state index contributed by atoms with van der Waals surface area (Å²) in [5.41, 5.74) is 6.21. The molecule has 2 fully saturated rings. The van der Waals surface area contributed by atoms with Gasteiger partial charge in [0.15, 0.2) is 11.5 Å². The van der Waals surface area contributed by atoms with Crippen molar-refractivity contribution in [2.24, 2.45) is 0 Å². The highest BCUT2D eigenvalue weighted by Crippen LogP contribution is 2.34. The second-order valence-electron chi connectivity index (χ2n) is 6.13. The molecule has 1 unspecified atom stereocenters. The number of hydrogen-bond donors (Lipinski definition) is 1. The second-order valence-corrected chi connectivity index (χ2v) is 6.13. The standard InChI is InChI=1S/C19H25N5O4/c1-26-15-10-12-13(11-16(15)27-2)21-19(22-17(12)20)24-7-5-23(6-8-24)18(25)14-4-3-9-28-14/h10-11,14H,3-9H2,1-2H3,(H2,20,21,22)/i3D2,4D2,9D2,10D,11D. The normalized spacial score (nSPS) is 29.4. The van der Waals surface area contributed by atoms with Crippen molar-refractivity contribution in [3.8, 4) is 11.5 Å². The maximum Gasteiger partial charge on any atom is 0.251 e. The summed E-state index contributed by atoms with van der Waals surface area (Å²) in [6.45, 7) is -2.43. The summed E-state index contributed by atoms with van der Waals surface area (Å²) in [5.74, 6) is -0.668. The first-order valence-electron chi connectivity index (χ1n) is 12.6. The molecule has 1 amide bonds. The van der Waals surface area contributed by atoms with Crippen molar-refractivity contribution in [3.63, 3.8) is 0 Å². The van der Waals surface area contributed by atoms with E-state index in [9.17, 15) is 4.79 Å². The zero-order chi connectivity index (χ0) is 26.8. The summed E-state index contributed by atoms with van der Waals surface area (Å²) >= 11 is 0. The summed E-state index contributed by atoms with van der Waals surface area (Å²) in [6.07, 6.45) is -7.84. The van der Waals surface area contributed by atoms with Crippen molar-refractivity contribution >= 4 is 28.6 Å². The van der Waals surface area contributed by atoms with Crippen LogP contribution in [0.4, 0.5) is 11.8 Å². The van der Waals surface area contributed by atoms with Crippen molar-refractivity contribution in [2.75, 3.05) is 57.6 Å². The van der Waals surface area contributed by atoms with E-state index < -0.39 is 31.3 Å². The summed E-state index contributed by atoms with van der Waals surface area (Å²) in [6, 6.07) is -0.251. The molecule has 0 aliphatic carbocycles. The molecule has 2 N–H and O–H groups in total. The number of nitrogens with zero attached hydrogens (tertiary/aromatic N) is 4. The molecule has 0 bridgehead atoms. The molecule has 0 spiro atoms. The molecule has 1 aromatic carbocycles. The topological polar surface area (TPSA) is 103 Å². The average molecular weight is 395 g/mol. The molecule has 2 saturated heterocycles. The van der Waals surface area contributed by atoms with Crippen LogP contribution in [0.25, 0.3) is 10.9 Å². The molecule has 28 heavy (non-hydrogen) atoms. The number of ether oxygens (including phenoxy) is 3. The first kappa shape index (κ1) is 11.3. The fourth-order valence-corrected chi connectivity index (χ4v) is 3.06. The maximum absolute atomic E-state index is 13.0. The summed E-state index contributed by atoms with van der Waals surface area (Å²) < 4.78 is 79.1. The molecule has 4 rings (SSSR count). The molecule has 1 atom stereocenters. The van der Waals surface area contributed by atoms with Crippen molar-refractivity contribution in [2.45, 2.75) is 18.8 Å². The van der Waals surface area contributed by atoms with Crippen molar-refractivity contribution < 1.29 is 30.0 Å². The number of hydrogen-bond acceptors (Lipinski definition) is 8. The Labute approximate surface area is 174 Å². The van der Waals surface area contributed by atoms with Gasteiger partial charge in [-0.3, -0.25) is 4.79 Å². The van der Waals surface area contributed by atoms with Gasteiger partial charge in [0.2, 0.25) is 5.95 Å². The van der Waals surface area contributed by atoms with Gasteiger partial charge in [0.05, 0.1) is 25.2 Å². The van der Waals surface area contributed by atoms with Crippen LogP contribution in [0.2, 0.25) is 0 Å². The van der Waals surface area contributed by atoms with Gasteiger partial charge in [-0.25, -0.2) is 4.98 Å². The third-order valence-corrected chi connectivity index (χ3v) is 4.54. The third-order valence-electron chi connectivity index (χ3n) is 4.54. The van der Waals surface area contributed by atoms with E-state index in [4.69, 9.17) is 30.9 Å². The lowest BCUT2D eigenvalue weighted by molar-refractivity contribution is -0.141. The minimum absolute atomic E-state index is 0.0278. The highest BCUT2D eigenvalue weighted by Gasteiger charge is 2.31. The minimum atomic E-state index is -3.02. The Morgan fingerprint density at radius 1 is 1.25 bits per heavy atom. The number of anilines is 2. The highest BCUT2D eigenvalue weighted by molar-refractivity contribution is 5.91. The van der Waals surface area contributed by atoms with Crippen LogP contribution < -0.4 is 20.1 Å². The molecule has 9 nitrogen and oxygen atoms in total. The number of carbonyl (C=O) groups excluding carboxylic acids is 1. The molecule has 2 aromatic rings. The van der Waals surface area contributed by atoms with Gasteiger partial charge in [-0.05, 0) is 18.8 Å². The quantitative estimate of drug-likeness (QED) is 0.820. The molecule has 2 aliphatic heterocycles. The Morgan fingerprint density at radius 2 is 1.96 bits per heavy atom. The minimum Gasteiger partial charge on any atom is -0.493 e.